The smallest absolute Gasteiger partial charge is 0.135 e. The van der Waals surface area contributed by atoms with Gasteiger partial charge in [0, 0.05) is 47.9 Å². The number of hydrogen-bond donors (Lipinski definition) is 0. The number of fused-ring (bicyclic) bond motifs is 7. The third-order valence-electron chi connectivity index (χ3n) is 10.8. The van der Waals surface area contributed by atoms with Gasteiger partial charge in [0.1, 0.15) is 11.2 Å². The van der Waals surface area contributed by atoms with E-state index in [4.69, 9.17) is 4.42 Å². The van der Waals surface area contributed by atoms with Gasteiger partial charge in [0.15, 0.2) is 0 Å². The molecule has 0 radical (unpaired) electrons. The maximum absolute atomic E-state index is 6.32. The summed E-state index contributed by atoms with van der Waals surface area (Å²) >= 11 is 1.85. The SMILES string of the molecule is c1ccc(-c2ccc(-c3ccc4ccccc4c3)cc2N(c2cccc(-c3ccc4sc5ccccc5c4c3)c2)c2ccc3oc4ccccc4c3c2)cc1. The Hall–Kier alpha value is -6.94. The minimum absolute atomic E-state index is 0.878. The van der Waals surface area contributed by atoms with Crippen molar-refractivity contribution in [2.24, 2.45) is 0 Å². The molecule has 0 atom stereocenters. The van der Waals surface area contributed by atoms with E-state index < -0.39 is 0 Å². The molecule has 0 saturated carbocycles. The monoisotopic (exact) mass is 719 g/mol. The Bertz CT molecular complexity index is 3230. The van der Waals surface area contributed by atoms with E-state index in [0.29, 0.717) is 0 Å². The molecule has 258 valence electrons. The maximum atomic E-state index is 6.32. The zero-order chi connectivity index (χ0) is 36.3. The van der Waals surface area contributed by atoms with Crippen molar-refractivity contribution < 1.29 is 4.42 Å². The fourth-order valence-corrected chi connectivity index (χ4v) is 9.22. The fraction of sp³-hybridized carbons (Fsp3) is 0. The highest BCUT2D eigenvalue weighted by Gasteiger charge is 2.21. The van der Waals surface area contributed by atoms with E-state index in [0.717, 1.165) is 55.7 Å². The van der Waals surface area contributed by atoms with Gasteiger partial charge >= 0.3 is 0 Å². The number of nitrogens with zero attached hydrogens (tertiary/aromatic N) is 1. The molecule has 0 aliphatic carbocycles. The van der Waals surface area contributed by atoms with Crippen LogP contribution in [0.3, 0.4) is 0 Å². The molecule has 3 heteroatoms. The van der Waals surface area contributed by atoms with Gasteiger partial charge in [-0.25, -0.2) is 0 Å². The average molecular weight is 720 g/mol. The lowest BCUT2D eigenvalue weighted by molar-refractivity contribution is 0.669. The van der Waals surface area contributed by atoms with Crippen LogP contribution in [-0.4, -0.2) is 0 Å². The highest BCUT2D eigenvalue weighted by atomic mass is 32.1. The van der Waals surface area contributed by atoms with E-state index in [1.165, 1.54) is 47.6 Å². The molecule has 0 aliphatic heterocycles. The number of thiophene rings is 1. The molecular weight excluding hydrogens is 687 g/mol. The van der Waals surface area contributed by atoms with Gasteiger partial charge in [0.2, 0.25) is 0 Å². The van der Waals surface area contributed by atoms with E-state index in [9.17, 15) is 0 Å². The van der Waals surface area contributed by atoms with Gasteiger partial charge < -0.3 is 9.32 Å². The molecule has 9 aromatic carbocycles. The topological polar surface area (TPSA) is 16.4 Å². The Morgan fingerprint density at radius 2 is 1.00 bits per heavy atom. The molecular formula is C52H33NOS. The highest BCUT2D eigenvalue weighted by molar-refractivity contribution is 7.25. The molecule has 0 bridgehead atoms. The number of para-hydroxylation sites is 1. The Labute approximate surface area is 322 Å². The molecule has 0 aliphatic rings. The van der Waals surface area contributed by atoms with E-state index in [1.807, 2.05) is 23.5 Å². The first-order chi connectivity index (χ1) is 27.2. The second-order valence-corrected chi connectivity index (χ2v) is 15.2. The molecule has 0 fully saturated rings. The highest BCUT2D eigenvalue weighted by Crippen LogP contribution is 2.46. The number of benzene rings is 9. The number of hydrogen-bond acceptors (Lipinski definition) is 3. The maximum Gasteiger partial charge on any atom is 0.135 e. The zero-order valence-electron chi connectivity index (χ0n) is 29.8. The van der Waals surface area contributed by atoms with Gasteiger partial charge in [-0.3, -0.25) is 0 Å². The van der Waals surface area contributed by atoms with Gasteiger partial charge in [-0.1, -0.05) is 133 Å². The van der Waals surface area contributed by atoms with Crippen molar-refractivity contribution in [3.63, 3.8) is 0 Å². The van der Waals surface area contributed by atoms with Crippen LogP contribution in [0.1, 0.15) is 0 Å². The lowest BCUT2D eigenvalue weighted by atomic mass is 9.95. The first-order valence-electron chi connectivity index (χ1n) is 18.7. The van der Waals surface area contributed by atoms with Crippen LogP contribution in [0.4, 0.5) is 17.1 Å². The molecule has 2 aromatic heterocycles. The predicted octanol–water partition coefficient (Wildman–Crippen LogP) is 15.6. The first kappa shape index (κ1) is 31.6. The minimum atomic E-state index is 0.878. The van der Waals surface area contributed by atoms with Crippen LogP contribution in [-0.2, 0) is 0 Å². The fourth-order valence-electron chi connectivity index (χ4n) is 8.14. The van der Waals surface area contributed by atoms with Gasteiger partial charge in [-0.05, 0) is 105 Å². The molecule has 0 spiro atoms. The van der Waals surface area contributed by atoms with Gasteiger partial charge in [-0.15, -0.1) is 11.3 Å². The summed E-state index contributed by atoms with van der Waals surface area (Å²) in [5, 5.41) is 7.27. The summed E-state index contributed by atoms with van der Waals surface area (Å²) in [5.74, 6) is 0. The van der Waals surface area contributed by atoms with E-state index >= 15 is 0 Å². The molecule has 55 heavy (non-hydrogen) atoms. The van der Waals surface area contributed by atoms with Crippen molar-refractivity contribution in [2.45, 2.75) is 0 Å². The van der Waals surface area contributed by atoms with Crippen molar-refractivity contribution in [3.8, 4) is 33.4 Å². The molecule has 2 nitrogen and oxygen atoms in total. The lowest BCUT2D eigenvalue weighted by Gasteiger charge is -2.29. The largest absolute Gasteiger partial charge is 0.456 e. The Morgan fingerprint density at radius 3 is 1.93 bits per heavy atom. The lowest BCUT2D eigenvalue weighted by Crippen LogP contribution is -2.11. The molecule has 0 amide bonds. The molecule has 11 aromatic rings. The second kappa shape index (κ2) is 12.9. The Kier molecular flexibility index (Phi) is 7.39. The Morgan fingerprint density at radius 1 is 0.345 bits per heavy atom. The normalized spacial score (nSPS) is 11.6. The second-order valence-electron chi connectivity index (χ2n) is 14.1. The third kappa shape index (κ3) is 5.48. The van der Waals surface area contributed by atoms with Crippen LogP contribution in [0.25, 0.3) is 86.3 Å². The quantitative estimate of drug-likeness (QED) is 0.170. The van der Waals surface area contributed by atoms with Crippen LogP contribution in [0.5, 0.6) is 0 Å². The predicted molar refractivity (Wildman–Crippen MR) is 235 cm³/mol. The summed E-state index contributed by atoms with van der Waals surface area (Å²) in [7, 11) is 0. The third-order valence-corrected chi connectivity index (χ3v) is 12.0. The van der Waals surface area contributed by atoms with Crippen molar-refractivity contribution >= 4 is 81.3 Å². The Balaban J connectivity index is 1.15. The standard InChI is InChI=1S/C52H33NOS/c1-2-12-35(13-3-1)43-26-23-40(38-22-21-34-11-4-5-14-36(34)29-38)32-48(43)53(42-25-27-50-46(33-42)44-17-6-8-19-49(44)54-50)41-16-10-15-37(30-41)39-24-28-52-47(31-39)45-18-7-9-20-51(45)55-52/h1-33H. The average Bonchev–Trinajstić information content (AvgIpc) is 3.82. The summed E-state index contributed by atoms with van der Waals surface area (Å²) in [6.45, 7) is 0. The summed E-state index contributed by atoms with van der Waals surface area (Å²) in [6, 6.07) is 72.5. The number of furan rings is 1. The number of anilines is 3. The minimum Gasteiger partial charge on any atom is -0.456 e. The summed E-state index contributed by atoms with van der Waals surface area (Å²) in [6.07, 6.45) is 0. The molecule has 0 saturated heterocycles. The molecule has 0 unspecified atom stereocenters. The molecule has 0 N–H and O–H groups in total. The summed E-state index contributed by atoms with van der Waals surface area (Å²) < 4.78 is 8.95. The van der Waals surface area contributed by atoms with Crippen LogP contribution in [0.15, 0.2) is 205 Å². The number of rotatable bonds is 6. The van der Waals surface area contributed by atoms with Crippen LogP contribution in [0, 0.1) is 0 Å². The van der Waals surface area contributed by atoms with Gasteiger partial charge in [0.25, 0.3) is 0 Å². The van der Waals surface area contributed by atoms with E-state index in [-0.39, 0.29) is 0 Å². The van der Waals surface area contributed by atoms with Crippen LogP contribution >= 0.6 is 11.3 Å². The van der Waals surface area contributed by atoms with Gasteiger partial charge in [0.05, 0.1) is 5.69 Å². The van der Waals surface area contributed by atoms with Crippen molar-refractivity contribution in [3.05, 3.63) is 200 Å². The van der Waals surface area contributed by atoms with E-state index in [1.54, 1.807) is 0 Å². The van der Waals surface area contributed by atoms with Crippen molar-refractivity contribution in [2.75, 3.05) is 4.90 Å². The van der Waals surface area contributed by atoms with Crippen LogP contribution in [0.2, 0.25) is 0 Å². The van der Waals surface area contributed by atoms with Gasteiger partial charge in [-0.2, -0.15) is 0 Å². The van der Waals surface area contributed by atoms with Crippen LogP contribution < -0.4 is 4.90 Å². The summed E-state index contributed by atoms with van der Waals surface area (Å²) in [5.41, 5.74) is 12.0. The van der Waals surface area contributed by atoms with Crippen molar-refractivity contribution in [1.82, 2.24) is 0 Å². The zero-order valence-corrected chi connectivity index (χ0v) is 30.6. The van der Waals surface area contributed by atoms with Crippen molar-refractivity contribution in [1.29, 1.82) is 0 Å². The summed E-state index contributed by atoms with van der Waals surface area (Å²) in [4.78, 5) is 2.43. The van der Waals surface area contributed by atoms with E-state index in [2.05, 4.69) is 193 Å². The first-order valence-corrected chi connectivity index (χ1v) is 19.5. The molecule has 2 heterocycles. The molecule has 11 rings (SSSR count).